The van der Waals surface area contributed by atoms with Gasteiger partial charge < -0.3 is 20.1 Å². The van der Waals surface area contributed by atoms with Crippen molar-refractivity contribution in [3.63, 3.8) is 0 Å². The van der Waals surface area contributed by atoms with Crippen molar-refractivity contribution in [2.75, 3.05) is 38.3 Å². The molecule has 0 amide bonds. The number of aromatic nitrogens is 2. The number of ether oxygens (including phenoxy) is 2. The normalized spacial score (nSPS) is 17.1. The summed E-state index contributed by atoms with van der Waals surface area (Å²) in [4.78, 5) is 10.7. The maximum atomic E-state index is 12.4. The van der Waals surface area contributed by atoms with Crippen LogP contribution < -0.4 is 15.4 Å². The SMILES string of the molecule is COC1CCN(c2ncc(OCC(=CF)C[NH3+])cn2)CC1. The van der Waals surface area contributed by atoms with E-state index < -0.39 is 0 Å². The number of hydrogen-bond donors (Lipinski definition) is 1. The van der Waals surface area contributed by atoms with Crippen molar-refractivity contribution in [2.24, 2.45) is 0 Å². The molecule has 0 aromatic carbocycles. The molecular formula is C14H22FN4O2+. The quantitative estimate of drug-likeness (QED) is 0.830. The average molecular weight is 297 g/mol. The van der Waals surface area contributed by atoms with Gasteiger partial charge in [0.2, 0.25) is 5.95 Å². The van der Waals surface area contributed by atoms with E-state index in [4.69, 9.17) is 9.47 Å². The molecule has 1 aliphatic heterocycles. The predicted octanol–water partition coefficient (Wildman–Crippen LogP) is 0.566. The summed E-state index contributed by atoms with van der Waals surface area (Å²) in [5.74, 6) is 1.22. The molecule has 2 heterocycles. The van der Waals surface area contributed by atoms with Crippen LogP contribution in [0.1, 0.15) is 12.8 Å². The smallest absolute Gasteiger partial charge is 0.225 e. The van der Waals surface area contributed by atoms with Crippen LogP contribution in [0.25, 0.3) is 0 Å². The van der Waals surface area contributed by atoms with E-state index in [1.165, 1.54) is 0 Å². The van der Waals surface area contributed by atoms with Gasteiger partial charge in [0.15, 0.2) is 5.75 Å². The Morgan fingerprint density at radius 3 is 2.62 bits per heavy atom. The fraction of sp³-hybridized carbons (Fsp3) is 0.571. The third kappa shape index (κ3) is 4.37. The van der Waals surface area contributed by atoms with Crippen LogP contribution in [0.4, 0.5) is 10.3 Å². The van der Waals surface area contributed by atoms with Crippen molar-refractivity contribution in [1.82, 2.24) is 9.97 Å². The Bertz CT molecular complexity index is 459. The lowest BCUT2D eigenvalue weighted by atomic mass is 10.1. The molecule has 1 aliphatic rings. The van der Waals surface area contributed by atoms with Gasteiger partial charge in [0, 0.05) is 25.8 Å². The molecule has 1 fully saturated rings. The number of halogens is 1. The number of nitrogens with zero attached hydrogens (tertiary/aromatic N) is 3. The fourth-order valence-electron chi connectivity index (χ4n) is 2.17. The van der Waals surface area contributed by atoms with E-state index in [1.807, 2.05) is 0 Å². The zero-order valence-corrected chi connectivity index (χ0v) is 12.3. The van der Waals surface area contributed by atoms with Gasteiger partial charge in [-0.3, -0.25) is 0 Å². The number of quaternary nitrogens is 1. The van der Waals surface area contributed by atoms with Crippen molar-refractivity contribution in [1.29, 1.82) is 0 Å². The first-order valence-corrected chi connectivity index (χ1v) is 7.06. The highest BCUT2D eigenvalue weighted by Crippen LogP contribution is 2.19. The Balaban J connectivity index is 1.87. The monoisotopic (exact) mass is 297 g/mol. The number of anilines is 1. The first-order chi connectivity index (χ1) is 10.3. The lowest BCUT2D eigenvalue weighted by molar-refractivity contribution is -0.356. The molecule has 0 spiro atoms. The molecule has 2 rings (SSSR count). The van der Waals surface area contributed by atoms with E-state index in [0.29, 0.717) is 36.2 Å². The Hall–Kier alpha value is -1.73. The molecule has 0 aliphatic carbocycles. The minimum absolute atomic E-state index is 0.169. The van der Waals surface area contributed by atoms with Crippen LogP contribution in [-0.4, -0.2) is 49.4 Å². The molecule has 1 aromatic rings. The van der Waals surface area contributed by atoms with Crippen LogP contribution in [0.3, 0.4) is 0 Å². The highest BCUT2D eigenvalue weighted by atomic mass is 19.1. The van der Waals surface area contributed by atoms with Gasteiger partial charge in [-0.05, 0) is 12.8 Å². The Kier molecular flexibility index (Phi) is 5.89. The average Bonchev–Trinajstić information content (AvgIpc) is 2.56. The van der Waals surface area contributed by atoms with Gasteiger partial charge in [-0.2, -0.15) is 0 Å². The van der Waals surface area contributed by atoms with Crippen molar-refractivity contribution >= 4 is 5.95 Å². The molecule has 0 atom stereocenters. The molecule has 1 aromatic heterocycles. The molecule has 0 bridgehead atoms. The van der Waals surface area contributed by atoms with Crippen LogP contribution in [0.5, 0.6) is 5.75 Å². The van der Waals surface area contributed by atoms with Crippen LogP contribution in [0.15, 0.2) is 24.3 Å². The van der Waals surface area contributed by atoms with Crippen LogP contribution in [0, 0.1) is 0 Å². The molecule has 3 N–H and O–H groups in total. The molecule has 6 nitrogen and oxygen atoms in total. The second-order valence-corrected chi connectivity index (χ2v) is 4.95. The van der Waals surface area contributed by atoms with E-state index in [1.54, 1.807) is 19.5 Å². The molecular weight excluding hydrogens is 275 g/mol. The summed E-state index contributed by atoms with van der Waals surface area (Å²) in [5.41, 5.74) is 4.12. The summed E-state index contributed by atoms with van der Waals surface area (Å²) < 4.78 is 23.2. The zero-order chi connectivity index (χ0) is 15.1. The molecule has 0 saturated carbocycles. The van der Waals surface area contributed by atoms with E-state index >= 15 is 0 Å². The van der Waals surface area contributed by atoms with E-state index in [-0.39, 0.29) is 6.61 Å². The summed E-state index contributed by atoms with van der Waals surface area (Å²) in [6.07, 6.45) is 6.05. The summed E-state index contributed by atoms with van der Waals surface area (Å²) >= 11 is 0. The Morgan fingerprint density at radius 1 is 1.43 bits per heavy atom. The molecule has 0 radical (unpaired) electrons. The minimum Gasteiger partial charge on any atom is -0.486 e. The summed E-state index contributed by atoms with van der Waals surface area (Å²) in [7, 11) is 1.74. The molecule has 0 unspecified atom stereocenters. The number of methoxy groups -OCH3 is 1. The summed E-state index contributed by atoms with van der Waals surface area (Å²) in [5, 5.41) is 0. The van der Waals surface area contributed by atoms with Gasteiger partial charge in [-0.15, -0.1) is 0 Å². The second kappa shape index (κ2) is 7.90. The lowest BCUT2D eigenvalue weighted by Crippen LogP contribution is -2.51. The molecule has 21 heavy (non-hydrogen) atoms. The standard InChI is InChI=1S/C14H21FN4O2/c1-20-12-2-4-19(5-3-12)14-17-8-13(9-18-14)21-10-11(6-15)7-16/h6,8-9,12H,2-5,7,10,16H2,1H3/p+1. The highest BCUT2D eigenvalue weighted by Gasteiger charge is 2.20. The number of piperidine rings is 1. The van der Waals surface area contributed by atoms with Gasteiger partial charge in [0.25, 0.3) is 0 Å². The molecule has 116 valence electrons. The zero-order valence-electron chi connectivity index (χ0n) is 12.3. The Labute approximate surface area is 123 Å². The van der Waals surface area contributed by atoms with Gasteiger partial charge in [-0.25, -0.2) is 14.4 Å². The van der Waals surface area contributed by atoms with Gasteiger partial charge in [0.05, 0.1) is 24.8 Å². The predicted molar refractivity (Wildman–Crippen MR) is 76.7 cm³/mol. The van der Waals surface area contributed by atoms with Crippen molar-refractivity contribution < 1.29 is 19.6 Å². The first-order valence-electron chi connectivity index (χ1n) is 7.06. The Morgan fingerprint density at radius 2 is 2.10 bits per heavy atom. The van der Waals surface area contributed by atoms with Crippen molar-refractivity contribution in [3.8, 4) is 5.75 Å². The molecule has 7 heteroatoms. The van der Waals surface area contributed by atoms with Crippen molar-refractivity contribution in [3.05, 3.63) is 24.3 Å². The lowest BCUT2D eigenvalue weighted by Gasteiger charge is -2.31. The van der Waals surface area contributed by atoms with Crippen LogP contribution >= 0.6 is 0 Å². The van der Waals surface area contributed by atoms with E-state index in [0.717, 1.165) is 25.9 Å². The number of rotatable bonds is 6. The van der Waals surface area contributed by atoms with Crippen LogP contribution in [-0.2, 0) is 4.74 Å². The van der Waals surface area contributed by atoms with E-state index in [2.05, 4.69) is 20.6 Å². The van der Waals surface area contributed by atoms with Gasteiger partial charge in [-0.1, -0.05) is 0 Å². The fourth-order valence-corrected chi connectivity index (χ4v) is 2.17. The first kappa shape index (κ1) is 15.7. The largest absolute Gasteiger partial charge is 0.486 e. The van der Waals surface area contributed by atoms with Crippen LogP contribution in [0.2, 0.25) is 0 Å². The summed E-state index contributed by atoms with van der Waals surface area (Å²) in [6, 6.07) is 0. The maximum Gasteiger partial charge on any atom is 0.225 e. The van der Waals surface area contributed by atoms with Crippen molar-refractivity contribution in [2.45, 2.75) is 18.9 Å². The van der Waals surface area contributed by atoms with Gasteiger partial charge >= 0.3 is 0 Å². The highest BCUT2D eigenvalue weighted by molar-refractivity contribution is 5.32. The summed E-state index contributed by atoms with van der Waals surface area (Å²) in [6.45, 7) is 2.32. The maximum absolute atomic E-state index is 12.4. The topological polar surface area (TPSA) is 75.1 Å². The third-order valence-electron chi connectivity index (χ3n) is 3.57. The van der Waals surface area contributed by atoms with E-state index in [9.17, 15) is 4.39 Å². The number of hydrogen-bond acceptors (Lipinski definition) is 5. The molecule has 1 saturated heterocycles. The van der Waals surface area contributed by atoms with Gasteiger partial charge in [0.1, 0.15) is 13.2 Å². The third-order valence-corrected chi connectivity index (χ3v) is 3.57. The second-order valence-electron chi connectivity index (χ2n) is 4.95. The minimum atomic E-state index is 0.169.